The molecule has 0 unspecified atom stereocenters. The summed E-state index contributed by atoms with van der Waals surface area (Å²) in [7, 11) is 0. The molecule has 0 heterocycles. The maximum Gasteiger partial charge on any atom is 0.194 e. The monoisotopic (exact) mass is 431 g/mol. The van der Waals surface area contributed by atoms with Crippen molar-refractivity contribution in [2.45, 2.75) is 25.7 Å². The molecule has 0 aliphatic heterocycles. The smallest absolute Gasteiger partial charge is 0.194 e. The molecule has 162 valence electrons. The zero-order chi connectivity index (χ0) is 22.8. The van der Waals surface area contributed by atoms with E-state index in [0.717, 1.165) is 24.0 Å². The van der Waals surface area contributed by atoms with Gasteiger partial charge in [-0.2, -0.15) is 0 Å². The van der Waals surface area contributed by atoms with Crippen molar-refractivity contribution in [2.75, 3.05) is 5.73 Å². The number of fused-ring (bicyclic) bond motifs is 2. The fourth-order valence-electron chi connectivity index (χ4n) is 4.77. The topological polar surface area (TPSA) is 60.2 Å². The van der Waals surface area contributed by atoms with Gasteiger partial charge in [0.05, 0.1) is 0 Å². The molecule has 4 aromatic rings. The van der Waals surface area contributed by atoms with Crippen molar-refractivity contribution in [3.63, 3.8) is 0 Å². The molecule has 0 atom stereocenters. The van der Waals surface area contributed by atoms with Crippen LogP contribution in [0.15, 0.2) is 91.0 Å². The fourth-order valence-corrected chi connectivity index (χ4v) is 4.77. The quantitative estimate of drug-likeness (QED) is 0.355. The summed E-state index contributed by atoms with van der Waals surface area (Å²) in [5, 5.41) is 0. The molecule has 0 fully saturated rings. The molecule has 1 aliphatic rings. The molecule has 0 saturated carbocycles. The molecule has 0 bridgehead atoms. The lowest BCUT2D eigenvalue weighted by Gasteiger charge is -2.24. The first-order chi connectivity index (χ1) is 16.1. The Morgan fingerprint density at radius 3 is 1.61 bits per heavy atom. The van der Waals surface area contributed by atoms with Crippen molar-refractivity contribution < 1.29 is 9.59 Å². The Labute approximate surface area is 193 Å². The Hall–Kier alpha value is -3.98. The second kappa shape index (κ2) is 8.87. The van der Waals surface area contributed by atoms with Gasteiger partial charge in [-0.1, -0.05) is 84.9 Å². The van der Waals surface area contributed by atoms with Crippen LogP contribution in [-0.4, -0.2) is 11.6 Å². The van der Waals surface area contributed by atoms with Crippen LogP contribution in [0.3, 0.4) is 0 Å². The van der Waals surface area contributed by atoms with Crippen molar-refractivity contribution in [3.05, 3.63) is 136 Å². The molecule has 5 rings (SSSR count). The van der Waals surface area contributed by atoms with Crippen LogP contribution in [0, 0.1) is 0 Å². The number of nitrogens with two attached hydrogens (primary N) is 1. The second-order valence-electron chi connectivity index (χ2n) is 8.53. The van der Waals surface area contributed by atoms with Crippen LogP contribution in [0.25, 0.3) is 0 Å². The van der Waals surface area contributed by atoms with Crippen molar-refractivity contribution in [1.29, 1.82) is 0 Å². The van der Waals surface area contributed by atoms with E-state index < -0.39 is 0 Å². The SMILES string of the molecule is Nc1cc(CCc2ccccc2)c2c(c1CCc1ccccc1)C(=O)c1ccccc1C2=O. The zero-order valence-electron chi connectivity index (χ0n) is 18.4. The number of carbonyl (C=O) groups excluding carboxylic acids is 2. The predicted molar refractivity (Wildman–Crippen MR) is 132 cm³/mol. The van der Waals surface area contributed by atoms with Gasteiger partial charge in [-0.05, 0) is 54.0 Å². The highest BCUT2D eigenvalue weighted by Gasteiger charge is 2.34. The van der Waals surface area contributed by atoms with E-state index in [1.807, 2.05) is 48.5 Å². The van der Waals surface area contributed by atoms with Gasteiger partial charge < -0.3 is 5.73 Å². The van der Waals surface area contributed by atoms with Crippen molar-refractivity contribution in [1.82, 2.24) is 0 Å². The molecule has 2 N–H and O–H groups in total. The maximum absolute atomic E-state index is 13.7. The van der Waals surface area contributed by atoms with Crippen LogP contribution in [0.2, 0.25) is 0 Å². The second-order valence-corrected chi connectivity index (χ2v) is 8.53. The van der Waals surface area contributed by atoms with E-state index in [1.54, 1.807) is 18.2 Å². The van der Waals surface area contributed by atoms with E-state index in [4.69, 9.17) is 5.73 Å². The highest BCUT2D eigenvalue weighted by atomic mass is 16.1. The first kappa shape index (κ1) is 20.9. The van der Waals surface area contributed by atoms with Crippen LogP contribution in [-0.2, 0) is 25.7 Å². The molecular formula is C30H25NO2. The lowest BCUT2D eigenvalue weighted by Crippen LogP contribution is -2.25. The summed E-state index contributed by atoms with van der Waals surface area (Å²) in [6.45, 7) is 0. The average Bonchev–Trinajstić information content (AvgIpc) is 2.86. The highest BCUT2D eigenvalue weighted by Crippen LogP contribution is 2.36. The number of benzene rings is 4. The number of ketones is 2. The molecule has 0 amide bonds. The van der Waals surface area contributed by atoms with E-state index in [2.05, 4.69) is 24.3 Å². The predicted octanol–water partition coefficient (Wildman–Crippen LogP) is 5.61. The van der Waals surface area contributed by atoms with Gasteiger partial charge in [0.25, 0.3) is 0 Å². The van der Waals surface area contributed by atoms with Gasteiger partial charge in [-0.3, -0.25) is 9.59 Å². The molecule has 0 radical (unpaired) electrons. The molecule has 33 heavy (non-hydrogen) atoms. The minimum atomic E-state index is -0.100. The van der Waals surface area contributed by atoms with Crippen LogP contribution in [0.5, 0.6) is 0 Å². The summed E-state index contributed by atoms with van der Waals surface area (Å²) < 4.78 is 0. The Kier molecular flexibility index (Phi) is 5.62. The van der Waals surface area contributed by atoms with Gasteiger partial charge in [-0.15, -0.1) is 0 Å². The Morgan fingerprint density at radius 1 is 0.545 bits per heavy atom. The number of aryl methyl sites for hydroxylation is 3. The first-order valence-electron chi connectivity index (χ1n) is 11.3. The highest BCUT2D eigenvalue weighted by molar-refractivity contribution is 6.29. The van der Waals surface area contributed by atoms with Crippen LogP contribution >= 0.6 is 0 Å². The summed E-state index contributed by atoms with van der Waals surface area (Å²) in [4.78, 5) is 27.3. The number of nitrogen functional groups attached to an aromatic ring is 1. The van der Waals surface area contributed by atoms with E-state index in [0.29, 0.717) is 40.8 Å². The molecule has 0 spiro atoms. The summed E-state index contributed by atoms with van der Waals surface area (Å²) in [6, 6.07) is 29.3. The third-order valence-corrected chi connectivity index (χ3v) is 6.45. The van der Waals surface area contributed by atoms with Crippen molar-refractivity contribution >= 4 is 17.3 Å². The van der Waals surface area contributed by atoms with Gasteiger partial charge >= 0.3 is 0 Å². The Bertz CT molecular complexity index is 1340. The third-order valence-electron chi connectivity index (χ3n) is 6.45. The largest absolute Gasteiger partial charge is 0.398 e. The zero-order valence-corrected chi connectivity index (χ0v) is 18.4. The molecule has 0 aromatic heterocycles. The van der Waals surface area contributed by atoms with Gasteiger partial charge in [0, 0.05) is 27.9 Å². The van der Waals surface area contributed by atoms with Gasteiger partial charge in [0.1, 0.15) is 0 Å². The average molecular weight is 432 g/mol. The number of hydrogen-bond acceptors (Lipinski definition) is 3. The summed E-state index contributed by atoms with van der Waals surface area (Å²) >= 11 is 0. The van der Waals surface area contributed by atoms with E-state index in [-0.39, 0.29) is 11.6 Å². The van der Waals surface area contributed by atoms with Gasteiger partial charge in [0.15, 0.2) is 11.6 Å². The Morgan fingerprint density at radius 2 is 1.03 bits per heavy atom. The van der Waals surface area contributed by atoms with E-state index in [9.17, 15) is 9.59 Å². The number of rotatable bonds is 6. The van der Waals surface area contributed by atoms with Crippen LogP contribution < -0.4 is 5.73 Å². The van der Waals surface area contributed by atoms with E-state index in [1.165, 1.54) is 11.1 Å². The number of anilines is 1. The summed E-state index contributed by atoms with van der Waals surface area (Å²) in [6.07, 6.45) is 2.79. The summed E-state index contributed by atoms with van der Waals surface area (Å²) in [5.74, 6) is -0.180. The minimum absolute atomic E-state index is 0.0794. The summed E-state index contributed by atoms with van der Waals surface area (Å²) in [5.41, 5.74) is 13.1. The van der Waals surface area contributed by atoms with Gasteiger partial charge in [0.2, 0.25) is 0 Å². The lowest BCUT2D eigenvalue weighted by atomic mass is 9.77. The Balaban J connectivity index is 1.59. The molecular weight excluding hydrogens is 406 g/mol. The third kappa shape index (κ3) is 3.98. The van der Waals surface area contributed by atoms with Crippen LogP contribution in [0.4, 0.5) is 5.69 Å². The molecule has 3 nitrogen and oxygen atoms in total. The molecule has 0 saturated heterocycles. The number of hydrogen-bond donors (Lipinski definition) is 1. The van der Waals surface area contributed by atoms with Gasteiger partial charge in [-0.25, -0.2) is 0 Å². The van der Waals surface area contributed by atoms with Crippen molar-refractivity contribution in [3.8, 4) is 0 Å². The minimum Gasteiger partial charge on any atom is -0.398 e. The number of carbonyl (C=O) groups is 2. The molecule has 1 aliphatic carbocycles. The standard InChI is InChI=1S/C30H25NO2/c31-26-19-22(17-15-20-9-3-1-4-10-20)27-28(25(26)18-16-21-11-5-2-6-12-21)30(33)24-14-8-7-13-23(24)29(27)32/h1-14,19H,15-18,31H2. The molecule has 3 heteroatoms. The maximum atomic E-state index is 13.7. The van der Waals surface area contributed by atoms with Crippen LogP contribution in [0.1, 0.15) is 54.1 Å². The first-order valence-corrected chi connectivity index (χ1v) is 11.3. The molecule has 4 aromatic carbocycles. The fraction of sp³-hybridized carbons (Fsp3) is 0.133. The lowest BCUT2D eigenvalue weighted by molar-refractivity contribution is 0.0977. The van der Waals surface area contributed by atoms with Crippen molar-refractivity contribution in [2.24, 2.45) is 0 Å². The van der Waals surface area contributed by atoms with E-state index >= 15 is 0 Å². The normalized spacial score (nSPS) is 12.4.